The first kappa shape index (κ1) is 20.7. The molecule has 2 rings (SSSR count). The van der Waals surface area contributed by atoms with Crippen LogP contribution in [0.15, 0.2) is 35.2 Å². The average Bonchev–Trinajstić information content (AvgIpc) is 2.58. The minimum atomic E-state index is -4.71. The van der Waals surface area contributed by atoms with Gasteiger partial charge in [-0.3, -0.25) is 15.4 Å². The van der Waals surface area contributed by atoms with E-state index in [1.807, 2.05) is 0 Å². The van der Waals surface area contributed by atoms with Crippen molar-refractivity contribution in [2.45, 2.75) is 24.0 Å². The first-order chi connectivity index (χ1) is 12.5. The smallest absolute Gasteiger partial charge is 0.394 e. The summed E-state index contributed by atoms with van der Waals surface area (Å²) in [5, 5.41) is 11.5. The van der Waals surface area contributed by atoms with Crippen molar-refractivity contribution in [1.29, 1.82) is 0 Å². The predicted molar refractivity (Wildman–Crippen MR) is 90.7 cm³/mol. The lowest BCUT2D eigenvalue weighted by molar-refractivity contribution is -0.141. The lowest BCUT2D eigenvalue weighted by atomic mass is 10.3. The van der Waals surface area contributed by atoms with Crippen LogP contribution in [-0.2, 0) is 16.3 Å². The zero-order chi connectivity index (χ0) is 20.2. The third-order valence-electron chi connectivity index (χ3n) is 3.15. The zero-order valence-corrected chi connectivity index (χ0v) is 14.6. The third kappa shape index (κ3) is 5.94. The summed E-state index contributed by atoms with van der Waals surface area (Å²) in [5.41, 5.74) is 4.10. The summed E-state index contributed by atoms with van der Waals surface area (Å²) in [7, 11) is -4.35. The van der Waals surface area contributed by atoms with Gasteiger partial charge in [0.1, 0.15) is 0 Å². The Morgan fingerprint density at radius 2 is 1.78 bits per heavy atom. The van der Waals surface area contributed by atoms with Gasteiger partial charge < -0.3 is 10.4 Å². The van der Waals surface area contributed by atoms with Gasteiger partial charge in [0.2, 0.25) is 5.95 Å². The van der Waals surface area contributed by atoms with E-state index < -0.39 is 28.0 Å². The van der Waals surface area contributed by atoms with Crippen LogP contribution in [0.2, 0.25) is 0 Å². The maximum Gasteiger partial charge on any atom is 0.433 e. The van der Waals surface area contributed by atoms with Gasteiger partial charge in [0.15, 0.2) is 11.5 Å². The van der Waals surface area contributed by atoms with Crippen LogP contribution in [0, 0.1) is 0 Å². The lowest BCUT2D eigenvalue weighted by Gasteiger charge is -2.15. The summed E-state index contributed by atoms with van der Waals surface area (Å²) < 4.78 is 69.8. The number of halogens is 3. The Bertz CT molecular complexity index is 891. The zero-order valence-electron chi connectivity index (χ0n) is 13.8. The lowest BCUT2D eigenvalue weighted by Crippen LogP contribution is -2.23. The molecule has 0 bridgehead atoms. The molecule has 0 aliphatic carbocycles. The monoisotopic (exact) mass is 407 g/mol. The Balaban J connectivity index is 2.20. The number of alkyl halides is 3. The van der Waals surface area contributed by atoms with Gasteiger partial charge in [-0.05, 0) is 31.2 Å². The molecule has 1 atom stereocenters. The van der Waals surface area contributed by atoms with Crippen molar-refractivity contribution < 1.29 is 31.2 Å². The van der Waals surface area contributed by atoms with Crippen LogP contribution in [0.3, 0.4) is 0 Å². The number of anilines is 3. The average molecular weight is 407 g/mol. The number of hydrogen-bond donors (Lipinski definition) is 5. The Morgan fingerprint density at radius 1 is 1.15 bits per heavy atom. The second-order valence-corrected chi connectivity index (χ2v) is 6.86. The van der Waals surface area contributed by atoms with Gasteiger partial charge in [0.25, 0.3) is 10.1 Å². The van der Waals surface area contributed by atoms with Crippen molar-refractivity contribution in [3.63, 3.8) is 0 Å². The van der Waals surface area contributed by atoms with Crippen molar-refractivity contribution in [3.8, 4) is 0 Å². The number of nitrogens with one attached hydrogen (secondary N) is 3. The van der Waals surface area contributed by atoms with E-state index in [-0.39, 0.29) is 23.3 Å². The highest BCUT2D eigenvalue weighted by Gasteiger charge is 2.34. The SMILES string of the molecule is C[C@H](CO)Nc1nc(NNc2ccc(S(=O)(=O)O)cc2)cc(C(F)(F)F)n1. The van der Waals surface area contributed by atoms with E-state index >= 15 is 0 Å². The second-order valence-electron chi connectivity index (χ2n) is 5.44. The highest BCUT2D eigenvalue weighted by atomic mass is 32.2. The Kier molecular flexibility index (Phi) is 6.08. The molecular formula is C14H16F3N5O4S. The van der Waals surface area contributed by atoms with Crippen molar-refractivity contribution in [1.82, 2.24) is 9.97 Å². The molecule has 0 amide bonds. The molecule has 0 spiro atoms. The van der Waals surface area contributed by atoms with Gasteiger partial charge >= 0.3 is 6.18 Å². The molecule has 0 aliphatic heterocycles. The Hall–Kier alpha value is -2.64. The van der Waals surface area contributed by atoms with E-state index in [0.717, 1.165) is 12.1 Å². The van der Waals surface area contributed by atoms with E-state index in [2.05, 4.69) is 26.1 Å². The topological polar surface area (TPSA) is 136 Å². The summed E-state index contributed by atoms with van der Waals surface area (Å²) in [6.07, 6.45) is -4.71. The molecular weight excluding hydrogens is 391 g/mol. The molecule has 13 heteroatoms. The van der Waals surface area contributed by atoms with Crippen LogP contribution in [-0.4, -0.2) is 40.7 Å². The number of nitrogens with zero attached hydrogens (tertiary/aromatic N) is 2. The first-order valence-electron chi connectivity index (χ1n) is 7.42. The van der Waals surface area contributed by atoms with Gasteiger partial charge in [-0.2, -0.15) is 26.6 Å². The fourth-order valence-electron chi connectivity index (χ4n) is 1.83. The van der Waals surface area contributed by atoms with Gasteiger partial charge in [0, 0.05) is 12.1 Å². The van der Waals surface area contributed by atoms with E-state index in [4.69, 9.17) is 9.66 Å². The third-order valence-corrected chi connectivity index (χ3v) is 4.02. The Morgan fingerprint density at radius 3 is 2.30 bits per heavy atom. The Labute approximate surface area is 152 Å². The molecule has 0 aliphatic rings. The summed E-state index contributed by atoms with van der Waals surface area (Å²) in [4.78, 5) is 6.90. The van der Waals surface area contributed by atoms with E-state index in [9.17, 15) is 21.6 Å². The number of hydrazine groups is 1. The molecule has 0 saturated carbocycles. The van der Waals surface area contributed by atoms with E-state index in [0.29, 0.717) is 11.8 Å². The highest BCUT2D eigenvalue weighted by Crippen LogP contribution is 2.29. The van der Waals surface area contributed by atoms with Crippen LogP contribution in [0.5, 0.6) is 0 Å². The molecule has 1 heterocycles. The number of rotatable bonds is 7. The van der Waals surface area contributed by atoms with Gasteiger partial charge in [-0.1, -0.05) is 0 Å². The van der Waals surface area contributed by atoms with Crippen LogP contribution < -0.4 is 16.2 Å². The fraction of sp³-hybridized carbons (Fsp3) is 0.286. The summed E-state index contributed by atoms with van der Waals surface area (Å²) in [6.45, 7) is 1.20. The van der Waals surface area contributed by atoms with Crippen molar-refractivity contribution >= 4 is 27.6 Å². The minimum absolute atomic E-state index is 0.219. The maximum atomic E-state index is 13.0. The number of hydrogen-bond acceptors (Lipinski definition) is 8. The summed E-state index contributed by atoms with van der Waals surface area (Å²) in [6, 6.07) is 4.90. The van der Waals surface area contributed by atoms with E-state index in [1.54, 1.807) is 0 Å². The van der Waals surface area contributed by atoms with Gasteiger partial charge in [0.05, 0.1) is 17.2 Å². The largest absolute Gasteiger partial charge is 0.433 e. The molecule has 1 aromatic heterocycles. The van der Waals surface area contributed by atoms with Crippen LogP contribution in [0.1, 0.15) is 12.6 Å². The molecule has 5 N–H and O–H groups in total. The molecule has 9 nitrogen and oxygen atoms in total. The van der Waals surface area contributed by atoms with Crippen molar-refractivity contribution in [2.24, 2.45) is 0 Å². The van der Waals surface area contributed by atoms with Gasteiger partial charge in [-0.15, -0.1) is 0 Å². The fourth-order valence-corrected chi connectivity index (χ4v) is 2.31. The second kappa shape index (κ2) is 7.94. The van der Waals surface area contributed by atoms with Crippen LogP contribution in [0.4, 0.5) is 30.6 Å². The normalized spacial score (nSPS) is 13.1. The maximum absolute atomic E-state index is 13.0. The van der Waals surface area contributed by atoms with Crippen molar-refractivity contribution in [3.05, 3.63) is 36.0 Å². The number of aliphatic hydroxyl groups is 1. The minimum Gasteiger partial charge on any atom is -0.394 e. The van der Waals surface area contributed by atoms with Crippen LogP contribution in [0.25, 0.3) is 0 Å². The molecule has 0 fully saturated rings. The molecule has 2 aromatic rings. The molecule has 0 unspecified atom stereocenters. The summed E-state index contributed by atoms with van der Waals surface area (Å²) in [5.74, 6) is -0.554. The standard InChI is InChI=1S/C14H16F3N5O4S/c1-8(7-23)18-13-19-11(14(15,16)17)6-12(20-13)22-21-9-2-4-10(5-3-9)27(24,25)26/h2-6,8,21,23H,7H2,1H3,(H,24,25,26)(H2,18,19,20,22)/t8-/m1/s1. The number of aliphatic hydroxyl groups excluding tert-OH is 1. The molecule has 0 saturated heterocycles. The van der Waals surface area contributed by atoms with E-state index in [1.165, 1.54) is 19.1 Å². The molecule has 27 heavy (non-hydrogen) atoms. The first-order valence-corrected chi connectivity index (χ1v) is 8.86. The van der Waals surface area contributed by atoms with Crippen molar-refractivity contribution in [2.75, 3.05) is 22.8 Å². The highest BCUT2D eigenvalue weighted by molar-refractivity contribution is 7.85. The van der Waals surface area contributed by atoms with Gasteiger partial charge in [-0.25, -0.2) is 4.98 Å². The molecule has 0 radical (unpaired) electrons. The summed E-state index contributed by atoms with van der Waals surface area (Å²) >= 11 is 0. The number of aromatic nitrogens is 2. The number of benzene rings is 1. The molecule has 148 valence electrons. The predicted octanol–water partition coefficient (Wildman–Crippen LogP) is 1.97. The molecule has 1 aromatic carbocycles. The van der Waals surface area contributed by atoms with Crippen LogP contribution >= 0.6 is 0 Å². The quantitative estimate of drug-likeness (QED) is 0.345.